The number of ether oxygens (including phenoxy) is 2. The summed E-state index contributed by atoms with van der Waals surface area (Å²) in [6.07, 6.45) is 0.378. The number of fused-ring (bicyclic) bond motifs is 1. The lowest BCUT2D eigenvalue weighted by atomic mass is 9.85. The Morgan fingerprint density at radius 2 is 1.94 bits per heavy atom. The molecular weight excluding hydrogens is 419 g/mol. The highest BCUT2D eigenvalue weighted by Crippen LogP contribution is 2.49. The van der Waals surface area contributed by atoms with Crippen LogP contribution in [0.25, 0.3) is 11.1 Å². The summed E-state index contributed by atoms with van der Waals surface area (Å²) in [5.41, 5.74) is 7.59. The summed E-state index contributed by atoms with van der Waals surface area (Å²) in [5, 5.41) is 2.86. The topological polar surface area (TPSA) is 73.6 Å². The summed E-state index contributed by atoms with van der Waals surface area (Å²) < 4.78 is 27.0. The molecule has 3 aromatic rings. The molecule has 1 atom stereocenters. The molecular formula is C24H22ClFN2O3. The normalized spacial score (nSPS) is 17.1. The van der Waals surface area contributed by atoms with E-state index in [1.54, 1.807) is 12.1 Å². The number of carbonyl (C=O) groups excluding carboxylic acids is 1. The number of benzene rings is 3. The Hall–Kier alpha value is -3.09. The molecule has 0 saturated heterocycles. The SMILES string of the molecule is CNC(=O)c1ccc(OC)c(F)c1-c1c(Cl)ccc2c1CC(CN)(c1ccccc1)O2. The van der Waals surface area contributed by atoms with Crippen LogP contribution >= 0.6 is 11.6 Å². The quantitative estimate of drug-likeness (QED) is 0.620. The molecule has 1 aliphatic rings. The van der Waals surface area contributed by atoms with Gasteiger partial charge in [-0.3, -0.25) is 4.79 Å². The van der Waals surface area contributed by atoms with Gasteiger partial charge in [0.15, 0.2) is 17.2 Å². The van der Waals surface area contributed by atoms with Gasteiger partial charge in [-0.2, -0.15) is 0 Å². The van der Waals surface area contributed by atoms with Crippen molar-refractivity contribution in [1.29, 1.82) is 0 Å². The van der Waals surface area contributed by atoms with Crippen LogP contribution in [0.3, 0.4) is 0 Å². The van der Waals surface area contributed by atoms with Crippen molar-refractivity contribution in [3.05, 3.63) is 82.1 Å². The zero-order valence-electron chi connectivity index (χ0n) is 17.2. The van der Waals surface area contributed by atoms with Gasteiger partial charge in [-0.15, -0.1) is 0 Å². The molecule has 1 amide bonds. The van der Waals surface area contributed by atoms with Gasteiger partial charge in [0, 0.05) is 41.7 Å². The van der Waals surface area contributed by atoms with Crippen LogP contribution in [-0.4, -0.2) is 26.6 Å². The first-order chi connectivity index (χ1) is 15.0. The molecule has 0 radical (unpaired) electrons. The van der Waals surface area contributed by atoms with Crippen molar-refractivity contribution in [2.24, 2.45) is 5.73 Å². The first-order valence-electron chi connectivity index (χ1n) is 9.80. The van der Waals surface area contributed by atoms with Gasteiger partial charge >= 0.3 is 0 Å². The van der Waals surface area contributed by atoms with Crippen LogP contribution in [0.2, 0.25) is 5.02 Å². The van der Waals surface area contributed by atoms with Gasteiger partial charge in [-0.05, 0) is 29.8 Å². The number of hydrogen-bond donors (Lipinski definition) is 2. The number of carbonyl (C=O) groups is 1. The average Bonchev–Trinajstić information content (AvgIpc) is 3.20. The fourth-order valence-electron chi connectivity index (χ4n) is 4.09. The van der Waals surface area contributed by atoms with Crippen LogP contribution in [0.5, 0.6) is 11.5 Å². The Morgan fingerprint density at radius 1 is 1.19 bits per heavy atom. The molecule has 31 heavy (non-hydrogen) atoms. The predicted molar refractivity (Wildman–Crippen MR) is 118 cm³/mol. The lowest BCUT2D eigenvalue weighted by molar-refractivity contribution is 0.0963. The van der Waals surface area contributed by atoms with E-state index in [9.17, 15) is 4.79 Å². The van der Waals surface area contributed by atoms with Crippen molar-refractivity contribution in [2.45, 2.75) is 12.0 Å². The van der Waals surface area contributed by atoms with Crippen LogP contribution in [0.4, 0.5) is 4.39 Å². The molecule has 4 rings (SSSR count). The van der Waals surface area contributed by atoms with Gasteiger partial charge in [0.05, 0.1) is 12.7 Å². The number of nitrogens with two attached hydrogens (primary N) is 1. The minimum Gasteiger partial charge on any atom is -0.494 e. The second-order valence-electron chi connectivity index (χ2n) is 7.33. The molecule has 3 aromatic carbocycles. The molecule has 0 aliphatic carbocycles. The van der Waals surface area contributed by atoms with Crippen molar-refractivity contribution in [1.82, 2.24) is 5.32 Å². The third-order valence-electron chi connectivity index (χ3n) is 5.66. The Labute approximate surface area is 184 Å². The molecule has 0 bridgehead atoms. The molecule has 1 unspecified atom stereocenters. The van der Waals surface area contributed by atoms with E-state index in [1.807, 2.05) is 30.3 Å². The second kappa shape index (κ2) is 8.21. The minimum absolute atomic E-state index is 0.0170. The van der Waals surface area contributed by atoms with Crippen molar-refractivity contribution in [2.75, 3.05) is 20.7 Å². The molecule has 0 aromatic heterocycles. The third-order valence-corrected chi connectivity index (χ3v) is 5.98. The zero-order valence-corrected chi connectivity index (χ0v) is 17.9. The van der Waals surface area contributed by atoms with Crippen molar-refractivity contribution >= 4 is 17.5 Å². The van der Waals surface area contributed by atoms with Gasteiger partial charge in [-0.1, -0.05) is 41.9 Å². The van der Waals surface area contributed by atoms with E-state index in [-0.39, 0.29) is 23.4 Å². The fourth-order valence-corrected chi connectivity index (χ4v) is 4.36. The average molecular weight is 441 g/mol. The summed E-state index contributed by atoms with van der Waals surface area (Å²) >= 11 is 6.59. The van der Waals surface area contributed by atoms with E-state index in [1.165, 1.54) is 26.3 Å². The monoisotopic (exact) mass is 440 g/mol. The van der Waals surface area contributed by atoms with Gasteiger partial charge < -0.3 is 20.5 Å². The van der Waals surface area contributed by atoms with Crippen LogP contribution in [0.15, 0.2) is 54.6 Å². The number of methoxy groups -OCH3 is 1. The van der Waals surface area contributed by atoms with E-state index < -0.39 is 17.3 Å². The standard InChI is InChI=1S/C24H22ClFN2O3/c1-28-23(29)15-8-10-19(30-2)22(26)21(15)20-16-12-24(13-27,14-6-4-3-5-7-14)31-18(16)11-9-17(20)25/h3-11H,12-13,27H2,1-2H3,(H,28,29). The lowest BCUT2D eigenvalue weighted by Crippen LogP contribution is -2.39. The van der Waals surface area contributed by atoms with Crippen LogP contribution in [-0.2, 0) is 12.0 Å². The largest absolute Gasteiger partial charge is 0.494 e. The van der Waals surface area contributed by atoms with E-state index in [0.29, 0.717) is 28.3 Å². The van der Waals surface area contributed by atoms with Crippen molar-refractivity contribution in [3.63, 3.8) is 0 Å². The lowest BCUT2D eigenvalue weighted by Gasteiger charge is -2.27. The third kappa shape index (κ3) is 3.42. The molecule has 160 valence electrons. The molecule has 0 fully saturated rings. The highest BCUT2D eigenvalue weighted by molar-refractivity contribution is 6.34. The Bertz CT molecular complexity index is 1150. The van der Waals surface area contributed by atoms with E-state index >= 15 is 4.39 Å². The molecule has 1 aliphatic heterocycles. The molecule has 1 heterocycles. The van der Waals surface area contributed by atoms with Crippen LogP contribution < -0.4 is 20.5 Å². The van der Waals surface area contributed by atoms with Gasteiger partial charge in [-0.25, -0.2) is 4.39 Å². The fraction of sp³-hybridized carbons (Fsp3) is 0.208. The Kier molecular flexibility index (Phi) is 5.60. The number of halogens is 2. The molecule has 0 saturated carbocycles. The predicted octanol–water partition coefficient (Wildman–Crippen LogP) is 4.30. The highest BCUT2D eigenvalue weighted by Gasteiger charge is 2.42. The number of nitrogens with one attached hydrogen (secondary N) is 1. The maximum atomic E-state index is 15.5. The molecule has 7 heteroatoms. The summed E-state index contributed by atoms with van der Waals surface area (Å²) in [6.45, 7) is 0.214. The number of amides is 1. The van der Waals surface area contributed by atoms with Gasteiger partial charge in [0.1, 0.15) is 5.75 Å². The van der Waals surface area contributed by atoms with Gasteiger partial charge in [0.2, 0.25) is 0 Å². The highest BCUT2D eigenvalue weighted by atomic mass is 35.5. The number of hydrogen-bond acceptors (Lipinski definition) is 4. The van der Waals surface area contributed by atoms with E-state index in [0.717, 1.165) is 5.56 Å². The second-order valence-corrected chi connectivity index (χ2v) is 7.73. The maximum absolute atomic E-state index is 15.5. The summed E-state index contributed by atoms with van der Waals surface area (Å²) in [7, 11) is 2.86. The molecule has 3 N–H and O–H groups in total. The van der Waals surface area contributed by atoms with E-state index in [2.05, 4.69) is 5.32 Å². The van der Waals surface area contributed by atoms with Crippen molar-refractivity contribution in [3.8, 4) is 22.6 Å². The Morgan fingerprint density at radius 3 is 2.58 bits per heavy atom. The van der Waals surface area contributed by atoms with Crippen LogP contribution in [0, 0.1) is 5.82 Å². The maximum Gasteiger partial charge on any atom is 0.251 e. The first-order valence-corrected chi connectivity index (χ1v) is 10.2. The smallest absolute Gasteiger partial charge is 0.251 e. The summed E-state index contributed by atoms with van der Waals surface area (Å²) in [4.78, 5) is 12.6. The van der Waals surface area contributed by atoms with Gasteiger partial charge in [0.25, 0.3) is 5.91 Å². The minimum atomic E-state index is -0.814. The Balaban J connectivity index is 1.96. The van der Waals surface area contributed by atoms with Crippen LogP contribution in [0.1, 0.15) is 21.5 Å². The van der Waals surface area contributed by atoms with E-state index in [4.69, 9.17) is 26.8 Å². The molecule has 5 nitrogen and oxygen atoms in total. The summed E-state index contributed by atoms with van der Waals surface area (Å²) in [5.74, 6) is -0.525. The first kappa shape index (κ1) is 21.2. The number of rotatable bonds is 5. The molecule has 0 spiro atoms. The van der Waals surface area contributed by atoms with Crippen molar-refractivity contribution < 1.29 is 18.7 Å². The summed E-state index contributed by atoms with van der Waals surface area (Å²) in [6, 6.07) is 16.0. The zero-order chi connectivity index (χ0) is 22.2.